The molecule has 1 heterocycles. The quantitative estimate of drug-likeness (QED) is 0.523. The highest BCUT2D eigenvalue weighted by atomic mass is 32.1. The number of amides is 1. The first-order chi connectivity index (χ1) is 13.5. The van der Waals surface area contributed by atoms with Gasteiger partial charge in [-0.05, 0) is 54.7 Å². The third-order valence-electron chi connectivity index (χ3n) is 5.32. The number of nitrogens with one attached hydrogen (secondary N) is 3. The second-order valence-corrected chi connectivity index (χ2v) is 7.70. The number of thiocarbonyl (C=S) groups is 1. The Morgan fingerprint density at radius 2 is 1.93 bits per heavy atom. The average molecular weight is 402 g/mol. The minimum atomic E-state index is -0.389. The second-order valence-electron chi connectivity index (χ2n) is 7.29. The van der Waals surface area contributed by atoms with Crippen LogP contribution in [0.1, 0.15) is 49.4 Å². The maximum Gasteiger partial charge on any atom is 0.305 e. The lowest BCUT2D eigenvalue weighted by Crippen LogP contribution is -2.52. The maximum absolute atomic E-state index is 12.2. The van der Waals surface area contributed by atoms with Crippen molar-refractivity contribution < 1.29 is 13.9 Å². The fourth-order valence-electron chi connectivity index (χ4n) is 3.41. The Labute approximate surface area is 171 Å². The number of furan rings is 1. The van der Waals surface area contributed by atoms with E-state index in [1.54, 1.807) is 12.1 Å². The van der Waals surface area contributed by atoms with Crippen LogP contribution in [-0.2, 0) is 6.61 Å². The van der Waals surface area contributed by atoms with E-state index in [-0.39, 0.29) is 18.3 Å². The average Bonchev–Trinajstić information content (AvgIpc) is 3.18. The van der Waals surface area contributed by atoms with Gasteiger partial charge in [0.1, 0.15) is 18.1 Å². The Bertz CT molecular complexity index is 793. The lowest BCUT2D eigenvalue weighted by Gasteiger charge is -2.35. The fourth-order valence-corrected chi connectivity index (χ4v) is 3.62. The summed E-state index contributed by atoms with van der Waals surface area (Å²) >= 11 is 5.31. The van der Waals surface area contributed by atoms with E-state index in [1.807, 2.05) is 30.3 Å². The molecule has 1 aliphatic carbocycles. The number of hydrogen-bond donors (Lipinski definition) is 3. The van der Waals surface area contributed by atoms with Gasteiger partial charge in [-0.2, -0.15) is 0 Å². The summed E-state index contributed by atoms with van der Waals surface area (Å²) in [5, 5.41) is 3.72. The van der Waals surface area contributed by atoms with Crippen molar-refractivity contribution in [1.29, 1.82) is 0 Å². The Morgan fingerprint density at radius 1 is 1.14 bits per heavy atom. The molecular weight excluding hydrogens is 374 g/mol. The van der Waals surface area contributed by atoms with Crippen LogP contribution >= 0.6 is 12.2 Å². The molecule has 3 rings (SSSR count). The molecule has 0 saturated heterocycles. The van der Waals surface area contributed by atoms with Crippen molar-refractivity contribution in [3.8, 4) is 5.75 Å². The number of benzene rings is 1. The SMILES string of the molecule is C[C@@H]1[C@H](C)CCC[C@H]1NC(=S)NNC(=O)c1ccc(COc2ccccc2)o1. The Balaban J connectivity index is 1.43. The third kappa shape index (κ3) is 5.48. The third-order valence-corrected chi connectivity index (χ3v) is 5.54. The molecule has 0 radical (unpaired) electrons. The van der Waals surface area contributed by atoms with E-state index >= 15 is 0 Å². The van der Waals surface area contributed by atoms with Crippen LogP contribution in [-0.4, -0.2) is 17.1 Å². The molecule has 3 atom stereocenters. The van der Waals surface area contributed by atoms with Crippen molar-refractivity contribution in [2.75, 3.05) is 0 Å². The molecule has 0 unspecified atom stereocenters. The van der Waals surface area contributed by atoms with E-state index in [2.05, 4.69) is 30.0 Å². The van der Waals surface area contributed by atoms with Crippen LogP contribution in [0, 0.1) is 11.8 Å². The molecule has 0 spiro atoms. The molecule has 1 aliphatic rings. The van der Waals surface area contributed by atoms with Crippen molar-refractivity contribution in [3.63, 3.8) is 0 Å². The van der Waals surface area contributed by atoms with Gasteiger partial charge in [-0.3, -0.25) is 15.6 Å². The number of hydrazine groups is 1. The van der Waals surface area contributed by atoms with Crippen LogP contribution in [0.3, 0.4) is 0 Å². The van der Waals surface area contributed by atoms with Crippen molar-refractivity contribution in [2.45, 2.75) is 45.8 Å². The molecule has 7 heteroatoms. The Morgan fingerprint density at radius 3 is 2.71 bits per heavy atom. The molecule has 28 heavy (non-hydrogen) atoms. The van der Waals surface area contributed by atoms with Gasteiger partial charge in [0.05, 0.1) is 0 Å². The molecule has 1 amide bonds. The molecule has 1 fully saturated rings. The minimum Gasteiger partial charge on any atom is -0.486 e. The number of ether oxygens (including phenoxy) is 1. The van der Waals surface area contributed by atoms with E-state index in [1.165, 1.54) is 12.8 Å². The molecule has 150 valence electrons. The zero-order valence-electron chi connectivity index (χ0n) is 16.2. The number of carbonyl (C=O) groups excluding carboxylic acids is 1. The van der Waals surface area contributed by atoms with Gasteiger partial charge in [0.25, 0.3) is 0 Å². The standard InChI is InChI=1S/C21H27N3O3S/c1-14-7-6-10-18(15(14)2)22-21(28)24-23-20(25)19-12-11-17(27-19)13-26-16-8-4-3-5-9-16/h3-5,8-9,11-12,14-15,18H,6-7,10,13H2,1-2H3,(H,23,25)(H2,22,24,28)/t14-,15-,18-/m1/s1. The molecule has 2 aromatic rings. The molecule has 1 aromatic heterocycles. The normalized spacial score (nSPS) is 21.6. The Hall–Kier alpha value is -2.54. The molecule has 1 saturated carbocycles. The summed E-state index contributed by atoms with van der Waals surface area (Å²) in [6.07, 6.45) is 3.54. The van der Waals surface area contributed by atoms with Crippen molar-refractivity contribution in [3.05, 3.63) is 54.0 Å². The van der Waals surface area contributed by atoms with E-state index in [4.69, 9.17) is 21.4 Å². The minimum absolute atomic E-state index is 0.196. The molecule has 6 nitrogen and oxygen atoms in total. The van der Waals surface area contributed by atoms with Gasteiger partial charge in [0, 0.05) is 6.04 Å². The van der Waals surface area contributed by atoms with Crippen molar-refractivity contribution in [2.24, 2.45) is 11.8 Å². The first kappa shape index (κ1) is 20.2. The van der Waals surface area contributed by atoms with Gasteiger partial charge in [0.2, 0.25) is 0 Å². The second kappa shape index (κ2) is 9.59. The van der Waals surface area contributed by atoms with E-state index < -0.39 is 0 Å². The van der Waals surface area contributed by atoms with Crippen LogP contribution < -0.4 is 20.9 Å². The lowest BCUT2D eigenvalue weighted by atomic mass is 9.78. The fraction of sp³-hybridized carbons (Fsp3) is 0.429. The summed E-state index contributed by atoms with van der Waals surface area (Å²) in [4.78, 5) is 12.2. The summed E-state index contributed by atoms with van der Waals surface area (Å²) < 4.78 is 11.2. The number of rotatable bonds is 5. The first-order valence-corrected chi connectivity index (χ1v) is 10.1. The van der Waals surface area contributed by atoms with Gasteiger partial charge < -0.3 is 14.5 Å². The predicted octanol–water partition coefficient (Wildman–Crippen LogP) is 3.79. The zero-order valence-corrected chi connectivity index (χ0v) is 17.1. The number of para-hydroxylation sites is 1. The van der Waals surface area contributed by atoms with Crippen LogP contribution in [0.4, 0.5) is 0 Å². The smallest absolute Gasteiger partial charge is 0.305 e. The largest absolute Gasteiger partial charge is 0.486 e. The number of carbonyl (C=O) groups is 1. The highest BCUT2D eigenvalue weighted by molar-refractivity contribution is 7.80. The van der Waals surface area contributed by atoms with E-state index in [0.717, 1.165) is 12.2 Å². The van der Waals surface area contributed by atoms with Crippen LogP contribution in [0.15, 0.2) is 46.9 Å². The monoisotopic (exact) mass is 401 g/mol. The summed E-state index contributed by atoms with van der Waals surface area (Å²) in [5.74, 6) is 2.33. The van der Waals surface area contributed by atoms with Crippen LogP contribution in [0.2, 0.25) is 0 Å². The van der Waals surface area contributed by atoms with Crippen molar-refractivity contribution >= 4 is 23.2 Å². The first-order valence-electron chi connectivity index (χ1n) is 9.66. The zero-order chi connectivity index (χ0) is 19.9. The molecule has 3 N–H and O–H groups in total. The topological polar surface area (TPSA) is 75.5 Å². The van der Waals surface area contributed by atoms with E-state index in [9.17, 15) is 4.79 Å². The van der Waals surface area contributed by atoms with Gasteiger partial charge >= 0.3 is 5.91 Å². The molecular formula is C21H27N3O3S. The van der Waals surface area contributed by atoms with Gasteiger partial charge in [-0.15, -0.1) is 0 Å². The van der Waals surface area contributed by atoms with E-state index in [0.29, 0.717) is 28.8 Å². The van der Waals surface area contributed by atoms with Crippen LogP contribution in [0.5, 0.6) is 5.75 Å². The van der Waals surface area contributed by atoms with Crippen molar-refractivity contribution in [1.82, 2.24) is 16.2 Å². The van der Waals surface area contributed by atoms with Crippen LogP contribution in [0.25, 0.3) is 0 Å². The molecule has 0 aliphatic heterocycles. The van der Waals surface area contributed by atoms with Gasteiger partial charge in [-0.25, -0.2) is 0 Å². The predicted molar refractivity (Wildman–Crippen MR) is 112 cm³/mol. The summed E-state index contributed by atoms with van der Waals surface area (Å²) in [6.45, 7) is 4.76. The Kier molecular flexibility index (Phi) is 6.92. The van der Waals surface area contributed by atoms with Gasteiger partial charge in [-0.1, -0.05) is 44.9 Å². The van der Waals surface area contributed by atoms with Gasteiger partial charge in [0.15, 0.2) is 10.9 Å². The lowest BCUT2D eigenvalue weighted by molar-refractivity contribution is 0.0911. The highest BCUT2D eigenvalue weighted by Crippen LogP contribution is 2.29. The highest BCUT2D eigenvalue weighted by Gasteiger charge is 2.27. The summed E-state index contributed by atoms with van der Waals surface area (Å²) in [5.41, 5.74) is 5.33. The summed E-state index contributed by atoms with van der Waals surface area (Å²) in [7, 11) is 0. The maximum atomic E-state index is 12.2. The number of hydrogen-bond acceptors (Lipinski definition) is 4. The summed E-state index contributed by atoms with van der Waals surface area (Å²) in [6, 6.07) is 13.1. The molecule has 0 bridgehead atoms. The molecule has 1 aromatic carbocycles.